The molecule has 0 amide bonds. The lowest BCUT2D eigenvalue weighted by Crippen LogP contribution is -2.05. The van der Waals surface area contributed by atoms with Crippen molar-refractivity contribution in [3.05, 3.63) is 89.5 Å². The molecule has 0 saturated heterocycles. The number of carbonyl (C=O) groups is 1. The predicted octanol–water partition coefficient (Wildman–Crippen LogP) is 5.10. The van der Waals surface area contributed by atoms with Crippen molar-refractivity contribution in [3.8, 4) is 17.1 Å². The topological polar surface area (TPSA) is 60.7 Å². The quantitative estimate of drug-likeness (QED) is 0.318. The number of ketones is 1. The minimum atomic E-state index is -0.377. The van der Waals surface area contributed by atoms with Crippen LogP contribution < -0.4 is 0 Å². The van der Waals surface area contributed by atoms with Gasteiger partial charge in [0.15, 0.2) is 16.8 Å². The van der Waals surface area contributed by atoms with Crippen LogP contribution in [0.15, 0.2) is 78.2 Å². The van der Waals surface area contributed by atoms with Crippen molar-refractivity contribution in [2.24, 2.45) is 0 Å². The summed E-state index contributed by atoms with van der Waals surface area (Å²) in [7, 11) is 0. The minimum absolute atomic E-state index is 0.122. The van der Waals surface area contributed by atoms with Gasteiger partial charge in [-0.3, -0.25) is 14.3 Å². The number of nitrogens with zero attached hydrogens (tertiary/aromatic N) is 4. The highest BCUT2D eigenvalue weighted by Crippen LogP contribution is 2.28. The fourth-order valence-electron chi connectivity index (χ4n) is 2.72. The molecule has 0 aliphatic carbocycles. The molecule has 0 atom stereocenters. The number of aromatic nitrogens is 4. The number of halogens is 2. The van der Waals surface area contributed by atoms with Crippen LogP contribution in [-0.2, 0) is 0 Å². The zero-order valence-corrected chi connectivity index (χ0v) is 16.6. The Labute approximate surface area is 175 Å². The smallest absolute Gasteiger partial charge is 0.196 e. The van der Waals surface area contributed by atoms with Gasteiger partial charge in [-0.1, -0.05) is 23.4 Å². The van der Waals surface area contributed by atoms with Gasteiger partial charge in [0.2, 0.25) is 0 Å². The Morgan fingerprint density at radius 3 is 2.48 bits per heavy atom. The molecule has 4 rings (SSSR count). The maximum absolute atomic E-state index is 13.1. The number of benzene rings is 2. The van der Waals surface area contributed by atoms with Crippen molar-refractivity contribution in [2.45, 2.75) is 5.16 Å². The van der Waals surface area contributed by atoms with E-state index in [-0.39, 0.29) is 17.4 Å². The summed E-state index contributed by atoms with van der Waals surface area (Å²) in [6, 6.07) is 16.5. The third kappa shape index (κ3) is 4.36. The van der Waals surface area contributed by atoms with Gasteiger partial charge in [0.1, 0.15) is 5.82 Å². The van der Waals surface area contributed by atoms with Crippen molar-refractivity contribution in [1.29, 1.82) is 0 Å². The lowest BCUT2D eigenvalue weighted by Gasteiger charge is -2.10. The standard InChI is InChI=1S/C21H14ClFN4OS/c22-16-5-9-18(10-6-16)27-20(15-2-1-11-24-12-15)25-26-21(27)29-13-19(28)14-3-7-17(23)8-4-14/h1-12H,13H2. The highest BCUT2D eigenvalue weighted by Gasteiger charge is 2.18. The lowest BCUT2D eigenvalue weighted by molar-refractivity contribution is 0.102. The lowest BCUT2D eigenvalue weighted by atomic mass is 10.1. The van der Waals surface area contributed by atoms with Crippen LogP contribution in [0.5, 0.6) is 0 Å². The van der Waals surface area contributed by atoms with E-state index in [0.29, 0.717) is 21.6 Å². The van der Waals surface area contributed by atoms with Crippen LogP contribution in [0, 0.1) is 5.82 Å². The third-order valence-corrected chi connectivity index (χ3v) is 5.32. The molecule has 0 fully saturated rings. The van der Waals surface area contributed by atoms with Gasteiger partial charge in [0.05, 0.1) is 5.75 Å². The van der Waals surface area contributed by atoms with E-state index in [1.165, 1.54) is 36.0 Å². The molecule has 144 valence electrons. The van der Waals surface area contributed by atoms with E-state index in [1.54, 1.807) is 24.5 Å². The van der Waals surface area contributed by atoms with Crippen LogP contribution in [0.25, 0.3) is 17.1 Å². The Balaban J connectivity index is 1.66. The van der Waals surface area contributed by atoms with Crippen molar-refractivity contribution in [3.63, 3.8) is 0 Å². The van der Waals surface area contributed by atoms with Crippen molar-refractivity contribution in [1.82, 2.24) is 19.7 Å². The highest BCUT2D eigenvalue weighted by molar-refractivity contribution is 7.99. The molecular formula is C21H14ClFN4OS. The summed E-state index contributed by atoms with van der Waals surface area (Å²) in [6.07, 6.45) is 3.39. The molecule has 0 bridgehead atoms. The average Bonchev–Trinajstić information content (AvgIpc) is 3.17. The number of thioether (sulfide) groups is 1. The number of pyridine rings is 1. The van der Waals surface area contributed by atoms with Gasteiger partial charge in [-0.15, -0.1) is 10.2 Å². The summed E-state index contributed by atoms with van der Waals surface area (Å²) >= 11 is 7.29. The van der Waals surface area contributed by atoms with Gasteiger partial charge >= 0.3 is 0 Å². The summed E-state index contributed by atoms with van der Waals surface area (Å²) in [6.45, 7) is 0. The third-order valence-electron chi connectivity index (χ3n) is 4.14. The number of hydrogen-bond donors (Lipinski definition) is 0. The first-order valence-electron chi connectivity index (χ1n) is 8.65. The van der Waals surface area contributed by atoms with Gasteiger partial charge in [-0.25, -0.2) is 4.39 Å². The van der Waals surface area contributed by atoms with Gasteiger partial charge in [-0.2, -0.15) is 0 Å². The van der Waals surface area contributed by atoms with Crippen LogP contribution in [0.4, 0.5) is 4.39 Å². The monoisotopic (exact) mass is 424 g/mol. The first-order valence-corrected chi connectivity index (χ1v) is 10.0. The Kier molecular flexibility index (Phi) is 5.69. The average molecular weight is 425 g/mol. The first kappa shape index (κ1) is 19.3. The van der Waals surface area contributed by atoms with E-state index < -0.39 is 0 Å². The summed E-state index contributed by atoms with van der Waals surface area (Å²) < 4.78 is 14.9. The molecule has 0 aliphatic rings. The number of Topliss-reactive ketones (excluding diaryl/α,β-unsaturated/α-hetero) is 1. The second kappa shape index (κ2) is 8.55. The maximum atomic E-state index is 13.1. The van der Waals surface area contributed by atoms with Gasteiger partial charge in [0, 0.05) is 34.2 Å². The molecule has 0 N–H and O–H groups in total. The number of rotatable bonds is 6. The number of hydrogen-bond acceptors (Lipinski definition) is 5. The Morgan fingerprint density at radius 2 is 1.79 bits per heavy atom. The van der Waals surface area contributed by atoms with Crippen LogP contribution in [0.1, 0.15) is 10.4 Å². The molecule has 0 unspecified atom stereocenters. The first-order chi connectivity index (χ1) is 14.1. The van der Waals surface area contributed by atoms with Crippen molar-refractivity contribution >= 4 is 29.1 Å². The Morgan fingerprint density at radius 1 is 1.03 bits per heavy atom. The van der Waals surface area contributed by atoms with Crippen LogP contribution in [0.2, 0.25) is 5.02 Å². The fourth-order valence-corrected chi connectivity index (χ4v) is 3.69. The summed E-state index contributed by atoms with van der Waals surface area (Å²) in [5, 5.41) is 9.75. The van der Waals surface area contributed by atoms with Gasteiger partial charge in [-0.05, 0) is 60.7 Å². The van der Waals surface area contributed by atoms with Crippen LogP contribution >= 0.6 is 23.4 Å². The molecular weight excluding hydrogens is 411 g/mol. The molecule has 8 heteroatoms. The van der Waals surface area contributed by atoms with Gasteiger partial charge in [0.25, 0.3) is 0 Å². The largest absolute Gasteiger partial charge is 0.293 e. The highest BCUT2D eigenvalue weighted by atomic mass is 35.5. The summed E-state index contributed by atoms with van der Waals surface area (Å²) in [5.41, 5.74) is 2.06. The molecule has 29 heavy (non-hydrogen) atoms. The van der Waals surface area contributed by atoms with E-state index in [2.05, 4.69) is 15.2 Å². The summed E-state index contributed by atoms with van der Waals surface area (Å²) in [4.78, 5) is 16.6. The number of carbonyl (C=O) groups excluding carboxylic acids is 1. The Hall–Kier alpha value is -3.03. The fraction of sp³-hybridized carbons (Fsp3) is 0.0476. The molecule has 4 aromatic rings. The van der Waals surface area contributed by atoms with Crippen LogP contribution in [0.3, 0.4) is 0 Å². The van der Waals surface area contributed by atoms with E-state index >= 15 is 0 Å². The normalized spacial score (nSPS) is 10.8. The summed E-state index contributed by atoms with van der Waals surface area (Å²) in [5.74, 6) is 0.253. The molecule has 0 aliphatic heterocycles. The second-order valence-electron chi connectivity index (χ2n) is 6.08. The van der Waals surface area contributed by atoms with E-state index in [4.69, 9.17) is 11.6 Å². The van der Waals surface area contributed by atoms with Gasteiger partial charge < -0.3 is 0 Å². The molecule has 0 saturated carbocycles. The van der Waals surface area contributed by atoms with Crippen molar-refractivity contribution < 1.29 is 9.18 Å². The zero-order chi connectivity index (χ0) is 20.2. The molecule has 2 heterocycles. The molecule has 0 spiro atoms. The maximum Gasteiger partial charge on any atom is 0.196 e. The Bertz CT molecular complexity index is 1130. The zero-order valence-electron chi connectivity index (χ0n) is 15.0. The molecule has 0 radical (unpaired) electrons. The molecule has 5 nitrogen and oxygen atoms in total. The van der Waals surface area contributed by atoms with E-state index in [0.717, 1.165) is 11.3 Å². The van der Waals surface area contributed by atoms with Crippen LogP contribution in [-0.4, -0.2) is 31.3 Å². The SMILES string of the molecule is O=C(CSc1nnc(-c2cccnc2)n1-c1ccc(Cl)cc1)c1ccc(F)cc1. The molecule has 2 aromatic heterocycles. The second-order valence-corrected chi connectivity index (χ2v) is 7.46. The van der Waals surface area contributed by atoms with E-state index in [9.17, 15) is 9.18 Å². The minimum Gasteiger partial charge on any atom is -0.293 e. The van der Waals surface area contributed by atoms with Crippen molar-refractivity contribution in [2.75, 3.05) is 5.75 Å². The van der Waals surface area contributed by atoms with E-state index in [1.807, 2.05) is 28.8 Å². The predicted molar refractivity (Wildman–Crippen MR) is 111 cm³/mol. The molecule has 2 aromatic carbocycles.